The minimum absolute atomic E-state index is 1.04. The van der Waals surface area contributed by atoms with Gasteiger partial charge in [-0.25, -0.2) is 0 Å². The van der Waals surface area contributed by atoms with Crippen LogP contribution < -0.4 is 4.68 Å². The fraction of sp³-hybridized carbons (Fsp3) is 0.200. The van der Waals surface area contributed by atoms with Gasteiger partial charge >= 0.3 is 0 Å². The Balaban J connectivity index is 2.59. The summed E-state index contributed by atoms with van der Waals surface area (Å²) in [7, 11) is 2.01. The van der Waals surface area contributed by atoms with Gasteiger partial charge in [0.15, 0.2) is 13.2 Å². The molecule has 0 aromatic carbocycles. The second-order valence-corrected chi connectivity index (χ2v) is 3.02. The molecule has 0 bridgehead atoms. The molecule has 0 spiro atoms. The largest absolute Gasteiger partial charge is 0.259 e. The molecule has 0 aliphatic carbocycles. The van der Waals surface area contributed by atoms with Crippen LogP contribution in [0.2, 0.25) is 0 Å². The molecular formula is C10H12N3+. The Labute approximate surface area is 77.3 Å². The van der Waals surface area contributed by atoms with Crippen molar-refractivity contribution >= 4 is 0 Å². The molecule has 3 heteroatoms. The lowest BCUT2D eigenvalue weighted by molar-refractivity contribution is -0.744. The summed E-state index contributed by atoms with van der Waals surface area (Å²) in [6, 6.07) is 6.01. The topological polar surface area (TPSA) is 21.7 Å². The van der Waals surface area contributed by atoms with Crippen molar-refractivity contribution in [3.8, 4) is 5.69 Å². The zero-order valence-corrected chi connectivity index (χ0v) is 7.81. The molecule has 0 radical (unpaired) electrons. The fourth-order valence-electron chi connectivity index (χ4n) is 1.39. The molecule has 0 saturated heterocycles. The highest BCUT2D eigenvalue weighted by molar-refractivity contribution is 5.32. The molecule has 0 fully saturated rings. The van der Waals surface area contributed by atoms with Crippen molar-refractivity contribution in [2.45, 2.75) is 6.92 Å². The number of aromatic nitrogens is 3. The maximum atomic E-state index is 4.24. The Morgan fingerprint density at radius 3 is 2.85 bits per heavy atom. The molecule has 0 atom stereocenters. The third-order valence-corrected chi connectivity index (χ3v) is 2.09. The molecule has 66 valence electrons. The Kier molecular flexibility index (Phi) is 1.85. The van der Waals surface area contributed by atoms with Crippen molar-refractivity contribution in [3.63, 3.8) is 0 Å². The molecule has 0 saturated carbocycles. The Bertz CT molecular complexity index is 418. The third kappa shape index (κ3) is 1.33. The molecule has 2 aromatic rings. The lowest BCUT2D eigenvalue weighted by Crippen LogP contribution is -2.37. The molecule has 2 aromatic heterocycles. The first kappa shape index (κ1) is 7.98. The van der Waals surface area contributed by atoms with Crippen LogP contribution in [0.5, 0.6) is 0 Å². The summed E-state index contributed by atoms with van der Waals surface area (Å²) in [4.78, 5) is 4.24. The molecule has 2 heterocycles. The van der Waals surface area contributed by atoms with Crippen LogP contribution in [0.15, 0.2) is 36.8 Å². The van der Waals surface area contributed by atoms with Crippen molar-refractivity contribution in [2.75, 3.05) is 0 Å². The van der Waals surface area contributed by atoms with E-state index in [4.69, 9.17) is 0 Å². The van der Waals surface area contributed by atoms with Gasteiger partial charge in [0, 0.05) is 12.3 Å². The molecule has 0 aliphatic rings. The van der Waals surface area contributed by atoms with Gasteiger partial charge < -0.3 is 0 Å². The van der Waals surface area contributed by atoms with Crippen LogP contribution >= 0.6 is 0 Å². The highest BCUT2D eigenvalue weighted by atomic mass is 15.4. The summed E-state index contributed by atoms with van der Waals surface area (Å²) in [5.41, 5.74) is 2.16. The maximum Gasteiger partial charge on any atom is 0.195 e. The summed E-state index contributed by atoms with van der Waals surface area (Å²) < 4.78 is 4.08. The summed E-state index contributed by atoms with van der Waals surface area (Å²) in [5, 5.41) is 0. The van der Waals surface area contributed by atoms with E-state index in [1.807, 2.05) is 49.4 Å². The van der Waals surface area contributed by atoms with Gasteiger partial charge in [-0.05, 0) is 19.1 Å². The number of rotatable bonds is 1. The first-order chi connectivity index (χ1) is 6.29. The maximum absolute atomic E-state index is 4.24. The zero-order valence-electron chi connectivity index (χ0n) is 7.81. The Hall–Kier alpha value is -1.64. The molecule has 13 heavy (non-hydrogen) atoms. The van der Waals surface area contributed by atoms with Gasteiger partial charge in [-0.1, -0.05) is 0 Å². The van der Waals surface area contributed by atoms with Gasteiger partial charge in [0.2, 0.25) is 0 Å². The number of aryl methyl sites for hydroxylation is 2. The molecule has 0 amide bonds. The van der Waals surface area contributed by atoms with E-state index in [0.29, 0.717) is 0 Å². The summed E-state index contributed by atoms with van der Waals surface area (Å²) in [5.74, 6) is 0. The second-order valence-electron chi connectivity index (χ2n) is 3.02. The van der Waals surface area contributed by atoms with Crippen molar-refractivity contribution < 1.29 is 4.68 Å². The lowest BCUT2D eigenvalue weighted by Gasteiger charge is -2.01. The van der Waals surface area contributed by atoms with Gasteiger partial charge in [0.25, 0.3) is 0 Å². The predicted octanol–water partition coefficient (Wildman–Crippen LogP) is 1.01. The highest BCUT2D eigenvalue weighted by Crippen LogP contribution is 2.07. The Morgan fingerprint density at radius 2 is 2.23 bits per heavy atom. The van der Waals surface area contributed by atoms with Crippen LogP contribution in [-0.2, 0) is 7.05 Å². The monoisotopic (exact) mass is 174 g/mol. The van der Waals surface area contributed by atoms with Crippen LogP contribution in [-0.4, -0.2) is 9.67 Å². The van der Waals surface area contributed by atoms with Crippen molar-refractivity contribution in [1.29, 1.82) is 0 Å². The van der Waals surface area contributed by atoms with E-state index in [-0.39, 0.29) is 0 Å². The van der Waals surface area contributed by atoms with Crippen LogP contribution in [0.4, 0.5) is 0 Å². The van der Waals surface area contributed by atoms with E-state index in [1.165, 1.54) is 0 Å². The average molecular weight is 174 g/mol. The van der Waals surface area contributed by atoms with Crippen LogP contribution in [0.25, 0.3) is 5.69 Å². The lowest BCUT2D eigenvalue weighted by atomic mass is 10.3. The average Bonchev–Trinajstić information content (AvgIpc) is 2.52. The van der Waals surface area contributed by atoms with Crippen LogP contribution in [0.3, 0.4) is 0 Å². The number of hydrogen-bond donors (Lipinski definition) is 0. The van der Waals surface area contributed by atoms with Crippen molar-refractivity contribution in [1.82, 2.24) is 9.67 Å². The predicted molar refractivity (Wildman–Crippen MR) is 49.5 cm³/mol. The van der Waals surface area contributed by atoms with Crippen LogP contribution in [0, 0.1) is 6.92 Å². The summed E-state index contributed by atoms with van der Waals surface area (Å²) in [6.45, 7) is 2.01. The van der Waals surface area contributed by atoms with Gasteiger partial charge in [-0.2, -0.15) is 0 Å². The van der Waals surface area contributed by atoms with E-state index in [1.54, 1.807) is 0 Å². The number of hydrogen-bond acceptors (Lipinski definition) is 1. The number of nitrogens with zero attached hydrogens (tertiary/aromatic N) is 3. The summed E-state index contributed by atoms with van der Waals surface area (Å²) in [6.07, 6.45) is 5.83. The highest BCUT2D eigenvalue weighted by Gasteiger charge is 2.07. The van der Waals surface area contributed by atoms with Gasteiger partial charge in [-0.15, -0.1) is 9.36 Å². The smallest absolute Gasteiger partial charge is 0.195 e. The molecule has 0 aliphatic heterocycles. The van der Waals surface area contributed by atoms with Gasteiger partial charge in [-0.3, -0.25) is 4.98 Å². The van der Waals surface area contributed by atoms with Gasteiger partial charge in [0.1, 0.15) is 5.69 Å². The normalized spacial score (nSPS) is 10.3. The zero-order chi connectivity index (χ0) is 9.26. The third-order valence-electron chi connectivity index (χ3n) is 2.09. The SMILES string of the molecule is Cc1ncccc1-n1ccc[n+]1C. The number of pyridine rings is 1. The summed E-state index contributed by atoms with van der Waals surface area (Å²) >= 11 is 0. The van der Waals surface area contributed by atoms with E-state index < -0.39 is 0 Å². The standard InChI is InChI=1S/C10H12N3/c1-9-10(5-3-6-11-9)13-8-4-7-12(13)2/h3-8H,1-2H3/q+1. The minimum atomic E-state index is 1.04. The van der Waals surface area contributed by atoms with E-state index in [0.717, 1.165) is 11.4 Å². The minimum Gasteiger partial charge on any atom is -0.259 e. The Morgan fingerprint density at radius 1 is 1.38 bits per heavy atom. The second kappa shape index (κ2) is 3.01. The van der Waals surface area contributed by atoms with Gasteiger partial charge in [0.05, 0.1) is 11.9 Å². The van der Waals surface area contributed by atoms with Crippen molar-refractivity contribution in [3.05, 3.63) is 42.5 Å². The first-order valence-electron chi connectivity index (χ1n) is 4.24. The molecule has 3 nitrogen and oxygen atoms in total. The fourth-order valence-corrected chi connectivity index (χ4v) is 1.39. The molecule has 2 rings (SSSR count). The van der Waals surface area contributed by atoms with E-state index >= 15 is 0 Å². The first-order valence-corrected chi connectivity index (χ1v) is 4.24. The van der Waals surface area contributed by atoms with Crippen molar-refractivity contribution in [2.24, 2.45) is 7.05 Å². The molecular weight excluding hydrogens is 162 g/mol. The molecule has 0 unspecified atom stereocenters. The van der Waals surface area contributed by atoms with E-state index in [9.17, 15) is 0 Å². The quantitative estimate of drug-likeness (QED) is 0.591. The van der Waals surface area contributed by atoms with Crippen LogP contribution in [0.1, 0.15) is 5.69 Å². The van der Waals surface area contributed by atoms with E-state index in [2.05, 4.69) is 15.7 Å². The molecule has 0 N–H and O–H groups in total.